The zero-order chi connectivity index (χ0) is 20.4. The molecule has 0 saturated heterocycles. The van der Waals surface area contributed by atoms with Crippen molar-refractivity contribution in [2.45, 2.75) is 85.7 Å². The molecule has 0 saturated carbocycles. The first-order valence-electron chi connectivity index (χ1n) is 10.8. The normalized spacial score (nSPS) is 18.7. The van der Waals surface area contributed by atoms with E-state index in [0.29, 0.717) is 23.3 Å². The monoisotopic (exact) mass is 375 g/mol. The van der Waals surface area contributed by atoms with Crippen molar-refractivity contribution in [3.05, 3.63) is 35.5 Å². The van der Waals surface area contributed by atoms with Crippen LogP contribution in [0.3, 0.4) is 0 Å². The van der Waals surface area contributed by atoms with E-state index < -0.39 is 0 Å². The van der Waals surface area contributed by atoms with Crippen LogP contribution in [0.4, 0.5) is 0 Å². The molecule has 4 unspecified atom stereocenters. The van der Waals surface area contributed by atoms with Crippen LogP contribution in [0.1, 0.15) is 79.6 Å². The van der Waals surface area contributed by atoms with Gasteiger partial charge < -0.3 is 10.5 Å². The summed E-state index contributed by atoms with van der Waals surface area (Å²) in [5.74, 6) is 1.63. The molecule has 0 aliphatic heterocycles. The summed E-state index contributed by atoms with van der Waals surface area (Å²) in [5, 5.41) is 0. The highest BCUT2D eigenvalue weighted by Gasteiger charge is 2.18. The third-order valence-electron chi connectivity index (χ3n) is 6.25. The molecule has 0 fully saturated rings. The number of ether oxygens (including phenoxy) is 1. The second-order valence-electron chi connectivity index (χ2n) is 8.45. The van der Waals surface area contributed by atoms with Crippen LogP contribution < -0.4 is 5.73 Å². The van der Waals surface area contributed by atoms with Crippen LogP contribution in [0.25, 0.3) is 0 Å². The summed E-state index contributed by atoms with van der Waals surface area (Å²) in [4.78, 5) is 11.7. The molecule has 1 aliphatic carbocycles. The molecule has 3 heteroatoms. The average Bonchev–Trinajstić information content (AvgIpc) is 2.69. The predicted molar refractivity (Wildman–Crippen MR) is 115 cm³/mol. The Morgan fingerprint density at radius 3 is 2.22 bits per heavy atom. The van der Waals surface area contributed by atoms with E-state index >= 15 is 0 Å². The van der Waals surface area contributed by atoms with Gasteiger partial charge in [0, 0.05) is 12.1 Å². The van der Waals surface area contributed by atoms with E-state index in [-0.39, 0.29) is 18.6 Å². The van der Waals surface area contributed by atoms with Crippen molar-refractivity contribution in [2.24, 2.45) is 23.5 Å². The fourth-order valence-corrected chi connectivity index (χ4v) is 3.57. The number of esters is 1. The molecule has 0 amide bonds. The summed E-state index contributed by atoms with van der Waals surface area (Å²) >= 11 is 0. The summed E-state index contributed by atoms with van der Waals surface area (Å²) in [6.45, 7) is 15.0. The first kappa shape index (κ1) is 23.7. The second-order valence-corrected chi connectivity index (χ2v) is 8.45. The Hall–Kier alpha value is -1.35. The van der Waals surface area contributed by atoms with Crippen LogP contribution >= 0.6 is 0 Å². The lowest BCUT2D eigenvalue weighted by Crippen LogP contribution is -2.21. The maximum absolute atomic E-state index is 11.7. The van der Waals surface area contributed by atoms with E-state index in [9.17, 15) is 4.79 Å². The van der Waals surface area contributed by atoms with E-state index in [1.807, 2.05) is 6.92 Å². The van der Waals surface area contributed by atoms with Crippen molar-refractivity contribution >= 4 is 5.97 Å². The van der Waals surface area contributed by atoms with Gasteiger partial charge in [-0.2, -0.15) is 0 Å². The van der Waals surface area contributed by atoms with Gasteiger partial charge in [0.15, 0.2) is 0 Å². The third-order valence-corrected chi connectivity index (χ3v) is 6.25. The molecule has 2 N–H and O–H groups in total. The molecular formula is C24H41NO2. The van der Waals surface area contributed by atoms with E-state index in [1.54, 1.807) is 11.1 Å². The number of nitrogens with two attached hydrogens (primary N) is 1. The third kappa shape index (κ3) is 8.47. The van der Waals surface area contributed by atoms with E-state index in [2.05, 4.69) is 46.4 Å². The van der Waals surface area contributed by atoms with Gasteiger partial charge in [-0.25, -0.2) is 4.79 Å². The number of hydrogen-bond acceptors (Lipinski definition) is 3. The predicted octanol–water partition coefficient (Wildman–Crippen LogP) is 5.96. The molecule has 0 heterocycles. The molecule has 0 aromatic carbocycles. The van der Waals surface area contributed by atoms with Gasteiger partial charge in [0.2, 0.25) is 0 Å². The topological polar surface area (TPSA) is 52.3 Å². The summed E-state index contributed by atoms with van der Waals surface area (Å²) in [6.07, 6.45) is 12.8. The Labute approximate surface area is 167 Å². The van der Waals surface area contributed by atoms with E-state index in [4.69, 9.17) is 10.5 Å². The van der Waals surface area contributed by atoms with Crippen LogP contribution in [0.5, 0.6) is 0 Å². The van der Waals surface area contributed by atoms with Crippen LogP contribution in [0.15, 0.2) is 35.5 Å². The molecule has 154 valence electrons. The molecule has 0 aromatic rings. The zero-order valence-electron chi connectivity index (χ0n) is 18.2. The van der Waals surface area contributed by atoms with Crippen molar-refractivity contribution in [1.82, 2.24) is 0 Å². The summed E-state index contributed by atoms with van der Waals surface area (Å²) in [7, 11) is 0. The summed E-state index contributed by atoms with van der Waals surface area (Å²) in [6, 6.07) is 0. The Morgan fingerprint density at radius 2 is 1.70 bits per heavy atom. The minimum Gasteiger partial charge on any atom is -0.459 e. The molecule has 1 aliphatic rings. The number of allylic oxidation sites excluding steroid dienone is 4. The number of carbonyl (C=O) groups is 1. The van der Waals surface area contributed by atoms with Crippen molar-refractivity contribution < 1.29 is 9.53 Å². The minimum absolute atomic E-state index is 0.0821. The molecule has 3 nitrogen and oxygen atoms in total. The molecular weight excluding hydrogens is 334 g/mol. The zero-order valence-corrected chi connectivity index (χ0v) is 18.2. The van der Waals surface area contributed by atoms with Crippen LogP contribution in [-0.4, -0.2) is 18.6 Å². The number of rotatable bonds is 12. The van der Waals surface area contributed by atoms with Gasteiger partial charge in [-0.1, -0.05) is 57.6 Å². The maximum Gasteiger partial charge on any atom is 0.334 e. The largest absolute Gasteiger partial charge is 0.459 e. The molecule has 1 rings (SSSR count). The van der Waals surface area contributed by atoms with Crippen LogP contribution in [0.2, 0.25) is 0 Å². The Kier molecular flexibility index (Phi) is 10.7. The number of hydrogen-bond donors (Lipinski definition) is 1. The van der Waals surface area contributed by atoms with Gasteiger partial charge in [-0.05, 0) is 69.6 Å². The Bertz CT molecular complexity index is 547. The highest BCUT2D eigenvalue weighted by molar-refractivity contribution is 5.88. The Morgan fingerprint density at radius 1 is 1.07 bits per heavy atom. The number of carbonyl (C=O) groups excluding carboxylic acids is 1. The summed E-state index contributed by atoms with van der Waals surface area (Å²) in [5.41, 5.74) is 8.97. The lowest BCUT2D eigenvalue weighted by Gasteiger charge is -2.25. The first-order chi connectivity index (χ1) is 12.8. The molecule has 27 heavy (non-hydrogen) atoms. The van der Waals surface area contributed by atoms with Gasteiger partial charge in [0.05, 0.1) is 6.10 Å². The van der Waals surface area contributed by atoms with Gasteiger partial charge in [0.1, 0.15) is 0 Å². The van der Waals surface area contributed by atoms with Gasteiger partial charge in [-0.15, -0.1) is 0 Å². The van der Waals surface area contributed by atoms with Gasteiger partial charge in [-0.3, -0.25) is 0 Å². The highest BCUT2D eigenvalue weighted by Crippen LogP contribution is 2.31. The van der Waals surface area contributed by atoms with Crippen LogP contribution in [-0.2, 0) is 9.53 Å². The molecule has 4 atom stereocenters. The van der Waals surface area contributed by atoms with E-state index in [0.717, 1.165) is 12.8 Å². The molecule has 0 spiro atoms. The van der Waals surface area contributed by atoms with Crippen LogP contribution in [0, 0.1) is 17.8 Å². The van der Waals surface area contributed by atoms with E-state index in [1.165, 1.54) is 32.1 Å². The lowest BCUT2D eigenvalue weighted by molar-refractivity contribution is -0.143. The lowest BCUT2D eigenvalue weighted by atomic mass is 9.82. The highest BCUT2D eigenvalue weighted by atomic mass is 16.5. The average molecular weight is 376 g/mol. The van der Waals surface area contributed by atoms with Crippen molar-refractivity contribution in [2.75, 3.05) is 6.54 Å². The molecule has 0 bridgehead atoms. The van der Waals surface area contributed by atoms with Crippen molar-refractivity contribution in [3.8, 4) is 0 Å². The van der Waals surface area contributed by atoms with Crippen molar-refractivity contribution in [1.29, 1.82) is 0 Å². The Balaban J connectivity index is 2.32. The van der Waals surface area contributed by atoms with Gasteiger partial charge in [0.25, 0.3) is 0 Å². The second kappa shape index (κ2) is 12.2. The minimum atomic E-state index is -0.361. The molecule has 0 radical (unpaired) electrons. The van der Waals surface area contributed by atoms with Gasteiger partial charge >= 0.3 is 5.97 Å². The summed E-state index contributed by atoms with van der Waals surface area (Å²) < 4.78 is 5.40. The molecule has 0 aromatic heterocycles. The fraction of sp³-hybridized carbons (Fsp3) is 0.708. The SMILES string of the molecule is C=C(CN)C(=O)OC(C)CCC(C)C(C)CCC(C)C1=CC=C(CC)CC1. The quantitative estimate of drug-likeness (QED) is 0.338. The standard InChI is InChI=1S/C24H41NO2/c1-7-22-12-14-23(15-13-22)19(4)9-8-17(2)18(3)10-11-21(6)27-24(26)20(5)16-25/h12,14,17-19,21H,5,7-11,13,15-16,25H2,1-4,6H3. The smallest absolute Gasteiger partial charge is 0.334 e. The first-order valence-corrected chi connectivity index (χ1v) is 10.8. The van der Waals surface area contributed by atoms with Crippen molar-refractivity contribution in [3.63, 3.8) is 0 Å². The maximum atomic E-state index is 11.7. The fourth-order valence-electron chi connectivity index (χ4n) is 3.57.